The number of likely N-dealkylation sites (N-methyl/N-ethyl adjacent to an activating group) is 1. The molecule has 2 aromatic heterocycles. The predicted octanol–water partition coefficient (Wildman–Crippen LogP) is 9.54. The first-order valence-corrected chi connectivity index (χ1v) is 28.8. The fraction of sp³-hybridized carbons (Fsp3) is 0.623. The Morgan fingerprint density at radius 1 is 0.613 bits per heavy atom. The van der Waals surface area contributed by atoms with Gasteiger partial charge in [0.25, 0.3) is 11.8 Å². The van der Waals surface area contributed by atoms with Crippen molar-refractivity contribution in [1.82, 2.24) is 40.4 Å². The average Bonchev–Trinajstić information content (AvgIpc) is 4.07. The van der Waals surface area contributed by atoms with Gasteiger partial charge in [0, 0.05) is 58.7 Å². The topological polar surface area (TPSA) is 216 Å². The van der Waals surface area contributed by atoms with Gasteiger partial charge in [0.1, 0.15) is 29.5 Å². The molecule has 4 aromatic rings. The van der Waals surface area contributed by atoms with Gasteiger partial charge in [0.2, 0.25) is 11.8 Å². The van der Waals surface area contributed by atoms with Gasteiger partial charge in [-0.05, 0) is 85.8 Å². The highest BCUT2D eigenvalue weighted by atomic mass is 16.5. The van der Waals surface area contributed by atoms with Crippen LogP contribution in [0.25, 0.3) is 22.5 Å². The van der Waals surface area contributed by atoms with Crippen LogP contribution in [-0.2, 0) is 36.9 Å². The number of rotatable bonds is 29. The minimum absolute atomic E-state index is 0.0891. The second-order valence-electron chi connectivity index (χ2n) is 22.1. The molecule has 0 aliphatic heterocycles. The monoisotopic (exact) mass is 1110 g/mol. The van der Waals surface area contributed by atoms with E-state index in [-0.39, 0.29) is 60.7 Å². The Labute approximate surface area is 474 Å². The molecule has 2 aromatic carbocycles. The van der Waals surface area contributed by atoms with Crippen LogP contribution in [0.5, 0.6) is 23.0 Å². The maximum absolute atomic E-state index is 13.6. The molecule has 4 amide bonds. The molecule has 442 valence electrons. The van der Waals surface area contributed by atoms with E-state index in [2.05, 4.69) is 48.7 Å². The van der Waals surface area contributed by atoms with E-state index in [0.717, 1.165) is 36.1 Å². The third-order valence-corrected chi connectivity index (χ3v) is 14.9. The number of hydrogen-bond acceptors (Lipinski definition) is 13. The molecule has 2 fully saturated rings. The van der Waals surface area contributed by atoms with Gasteiger partial charge in [0.15, 0.2) is 11.4 Å². The molecule has 2 atom stereocenters. The molecular weight excluding hydrogens is 1020 g/mol. The second kappa shape index (κ2) is 33.2. The molecule has 0 radical (unpaired) electrons. The molecule has 2 saturated carbocycles. The summed E-state index contributed by atoms with van der Waals surface area (Å²) in [4.78, 5) is 65.9. The van der Waals surface area contributed by atoms with Gasteiger partial charge in [-0.3, -0.25) is 33.3 Å². The Kier molecular flexibility index (Phi) is 26.6. The van der Waals surface area contributed by atoms with Crippen molar-refractivity contribution in [3.8, 4) is 45.5 Å². The first-order chi connectivity index (χ1) is 38.5. The Morgan fingerprint density at radius 3 is 1.40 bits per heavy atom. The third kappa shape index (κ3) is 19.6. The zero-order valence-electron chi connectivity index (χ0n) is 49.7. The lowest BCUT2D eigenvalue weighted by molar-refractivity contribution is -0.146. The lowest BCUT2D eigenvalue weighted by Gasteiger charge is -2.25. The molecule has 0 bridgehead atoms. The quantitative estimate of drug-likeness (QED) is 0.0342. The Balaban J connectivity index is 0.000000294. The summed E-state index contributed by atoms with van der Waals surface area (Å²) < 4.78 is 35.9. The maximum atomic E-state index is 13.6. The van der Waals surface area contributed by atoms with E-state index >= 15 is 0 Å². The summed E-state index contributed by atoms with van der Waals surface area (Å²) in [5, 5.41) is 18.5. The largest absolute Gasteiger partial charge is 0.496 e. The first-order valence-electron chi connectivity index (χ1n) is 28.8. The molecule has 2 aliphatic carbocycles. The van der Waals surface area contributed by atoms with Gasteiger partial charge in [0.05, 0.1) is 64.7 Å². The van der Waals surface area contributed by atoms with Crippen LogP contribution in [0.2, 0.25) is 0 Å². The zero-order valence-corrected chi connectivity index (χ0v) is 49.7. The Hall–Kier alpha value is -6.63. The summed E-state index contributed by atoms with van der Waals surface area (Å²) in [6, 6.07) is 14.0. The SMILES string of the molecule is COC(=O)CN(C)C(=O)C[C@H](CCC1CCCCC1)NC(=O)c1cc(-c2c(OC)cccc2OC)n(CC(C)C)n1.COCCNC(=O)C[C@H](CCC1CCCCC1)NC(=O)c1cc(-c2c(OC)cccc2OC)n(CC(C)C)n1. The fourth-order valence-electron chi connectivity index (χ4n) is 10.7. The van der Waals surface area contributed by atoms with Crippen LogP contribution >= 0.6 is 0 Å². The van der Waals surface area contributed by atoms with E-state index in [1.807, 2.05) is 45.8 Å². The number of nitrogens with one attached hydrogen (secondary N) is 3. The standard InChI is InChI=1S/C31H46N4O6.C30H46N4O5/c1-21(2)19-35-25(30-26(39-4)13-10-14-27(30)40-5)18-24(33-35)31(38)32-23(16-15-22-11-8-7-9-12-22)17-28(36)34(3)20-29(37)41-6;1-21(2)20-34-25(29-26(38-4)12-9-13-27(29)39-5)19-24(33-34)30(36)32-23(18-28(35)31-16-17-37-3)15-14-22-10-7-6-8-11-22/h10,13-14,18,21-23H,7-9,11-12,15-17,19-20H2,1-6H3,(H,32,38);9,12-13,19,21-23H,6-8,10-11,14-18,20H2,1-5H3,(H,31,35)(H,32,36)/t2*23-/m00/s1. The van der Waals surface area contributed by atoms with Crippen LogP contribution < -0.4 is 34.9 Å². The summed E-state index contributed by atoms with van der Waals surface area (Å²) in [6.45, 7) is 10.4. The van der Waals surface area contributed by atoms with Gasteiger partial charge in [-0.15, -0.1) is 0 Å². The lowest BCUT2D eigenvalue weighted by atomic mass is 9.85. The van der Waals surface area contributed by atoms with Crippen LogP contribution in [0.4, 0.5) is 0 Å². The number of amides is 4. The lowest BCUT2D eigenvalue weighted by Crippen LogP contribution is -2.41. The summed E-state index contributed by atoms with van der Waals surface area (Å²) in [5.74, 6) is 2.91. The number of aromatic nitrogens is 4. The Bertz CT molecular complexity index is 2540. The van der Waals surface area contributed by atoms with E-state index in [9.17, 15) is 24.0 Å². The molecule has 2 heterocycles. The van der Waals surface area contributed by atoms with E-state index in [4.69, 9.17) is 33.5 Å². The smallest absolute Gasteiger partial charge is 0.325 e. The molecule has 19 heteroatoms. The molecule has 0 saturated heterocycles. The molecule has 19 nitrogen and oxygen atoms in total. The molecular formula is C61H92N8O11. The second-order valence-corrected chi connectivity index (χ2v) is 22.1. The molecule has 2 aliphatic rings. The summed E-state index contributed by atoms with van der Waals surface area (Å²) >= 11 is 0. The van der Waals surface area contributed by atoms with Crippen LogP contribution in [0.3, 0.4) is 0 Å². The van der Waals surface area contributed by atoms with Crippen molar-refractivity contribution in [3.63, 3.8) is 0 Å². The van der Waals surface area contributed by atoms with Crippen molar-refractivity contribution in [1.29, 1.82) is 0 Å². The number of carbonyl (C=O) groups is 5. The highest BCUT2D eigenvalue weighted by molar-refractivity contribution is 5.95. The van der Waals surface area contributed by atoms with E-state index in [1.165, 1.54) is 76.2 Å². The van der Waals surface area contributed by atoms with Crippen LogP contribution in [-0.4, -0.2) is 136 Å². The minimum atomic E-state index is -0.487. The first kappa shape index (κ1) is 64.2. The maximum Gasteiger partial charge on any atom is 0.325 e. The number of esters is 1. The van der Waals surface area contributed by atoms with Crippen LogP contribution in [0.1, 0.15) is 151 Å². The fourth-order valence-corrected chi connectivity index (χ4v) is 10.7. The summed E-state index contributed by atoms with van der Waals surface area (Å²) in [7, 11) is 10.9. The number of methoxy groups -OCH3 is 6. The molecule has 0 unspecified atom stereocenters. The van der Waals surface area contributed by atoms with Gasteiger partial charge < -0.3 is 49.3 Å². The number of nitrogens with zero attached hydrogens (tertiary/aromatic N) is 5. The van der Waals surface area contributed by atoms with E-state index in [0.29, 0.717) is 84.8 Å². The van der Waals surface area contributed by atoms with Gasteiger partial charge >= 0.3 is 5.97 Å². The Morgan fingerprint density at radius 2 is 1.02 bits per heavy atom. The van der Waals surface area contributed by atoms with Gasteiger partial charge in [-0.2, -0.15) is 10.2 Å². The average molecular weight is 1110 g/mol. The summed E-state index contributed by atoms with van der Waals surface area (Å²) in [6.07, 6.45) is 16.1. The van der Waals surface area contributed by atoms with Crippen LogP contribution in [0.15, 0.2) is 48.5 Å². The molecule has 0 spiro atoms. The van der Waals surface area contributed by atoms with Gasteiger partial charge in [-0.1, -0.05) is 104 Å². The van der Waals surface area contributed by atoms with E-state index in [1.54, 1.807) is 54.7 Å². The molecule has 80 heavy (non-hydrogen) atoms. The van der Waals surface area contributed by atoms with Crippen molar-refractivity contribution < 1.29 is 52.4 Å². The third-order valence-electron chi connectivity index (χ3n) is 14.9. The van der Waals surface area contributed by atoms with Gasteiger partial charge in [-0.25, -0.2) is 0 Å². The van der Waals surface area contributed by atoms with Crippen molar-refractivity contribution in [3.05, 3.63) is 59.9 Å². The highest BCUT2D eigenvalue weighted by Crippen LogP contribution is 2.40. The number of benzene rings is 2. The molecule has 3 N–H and O–H groups in total. The van der Waals surface area contributed by atoms with Crippen molar-refractivity contribution in [2.45, 2.75) is 156 Å². The van der Waals surface area contributed by atoms with Crippen molar-refractivity contribution in [2.75, 3.05) is 69.4 Å². The zero-order chi connectivity index (χ0) is 58.1. The van der Waals surface area contributed by atoms with E-state index < -0.39 is 12.0 Å². The van der Waals surface area contributed by atoms with Crippen molar-refractivity contribution in [2.24, 2.45) is 23.7 Å². The number of hydrogen-bond donors (Lipinski definition) is 3. The van der Waals surface area contributed by atoms with Crippen molar-refractivity contribution >= 4 is 29.6 Å². The number of ether oxygens (including phenoxy) is 6. The molecule has 6 rings (SSSR count). The predicted molar refractivity (Wildman–Crippen MR) is 309 cm³/mol. The van der Waals surface area contributed by atoms with Crippen LogP contribution in [0, 0.1) is 23.7 Å². The number of carbonyl (C=O) groups excluding carboxylic acids is 5. The summed E-state index contributed by atoms with van der Waals surface area (Å²) in [5.41, 5.74) is 3.50. The normalized spacial score (nSPS) is 14.6. The highest BCUT2D eigenvalue weighted by Gasteiger charge is 2.28. The minimum Gasteiger partial charge on any atom is -0.496 e.